The molecule has 0 spiro atoms. The fraction of sp³-hybridized carbons (Fsp3) is 0.188. The van der Waals surface area contributed by atoms with E-state index >= 15 is 0 Å². The number of rotatable bonds is 2. The number of nitrogens with one attached hydrogen (secondary N) is 1. The highest BCUT2D eigenvalue weighted by atomic mass is 16.4. The molecule has 3 heterocycles. The Bertz CT molecular complexity index is 793. The van der Waals surface area contributed by atoms with Gasteiger partial charge in [-0.15, -0.1) is 0 Å². The van der Waals surface area contributed by atoms with Crippen LogP contribution in [-0.2, 0) is 13.0 Å². The molecule has 22 heavy (non-hydrogen) atoms. The number of carbonyl (C=O) groups is 1. The monoisotopic (exact) mass is 294 g/mol. The molecule has 0 aliphatic carbocycles. The lowest BCUT2D eigenvalue weighted by atomic mass is 10.1. The summed E-state index contributed by atoms with van der Waals surface area (Å²) in [6, 6.07) is 9.78. The van der Waals surface area contributed by atoms with Crippen molar-refractivity contribution in [2.45, 2.75) is 13.0 Å². The number of oxazole rings is 1. The Balaban J connectivity index is 1.59. The standard InChI is InChI=1S/C16H14N4O2/c21-16(12-8-17-10-18-12)20-7-6-14-13(9-20)19-15(22-14)11-4-2-1-3-5-11/h1-5,8,10H,6-7,9H2,(H,17,18). The average molecular weight is 294 g/mol. The van der Waals surface area contributed by atoms with Crippen LogP contribution in [-0.4, -0.2) is 32.3 Å². The van der Waals surface area contributed by atoms with Gasteiger partial charge >= 0.3 is 0 Å². The number of amides is 1. The van der Waals surface area contributed by atoms with E-state index in [1.165, 1.54) is 12.5 Å². The quantitative estimate of drug-likeness (QED) is 0.786. The minimum atomic E-state index is -0.0626. The molecular weight excluding hydrogens is 280 g/mol. The summed E-state index contributed by atoms with van der Waals surface area (Å²) in [5, 5.41) is 0. The van der Waals surface area contributed by atoms with Gasteiger partial charge in [0.15, 0.2) is 0 Å². The molecule has 0 fully saturated rings. The fourth-order valence-electron chi connectivity index (χ4n) is 2.62. The molecule has 0 atom stereocenters. The third kappa shape index (κ3) is 2.18. The third-order valence-electron chi connectivity index (χ3n) is 3.76. The summed E-state index contributed by atoms with van der Waals surface area (Å²) in [4.78, 5) is 25.4. The lowest BCUT2D eigenvalue weighted by Gasteiger charge is -2.24. The first-order chi connectivity index (χ1) is 10.8. The van der Waals surface area contributed by atoms with E-state index < -0.39 is 0 Å². The van der Waals surface area contributed by atoms with Gasteiger partial charge in [0.1, 0.15) is 17.1 Å². The molecule has 0 radical (unpaired) electrons. The first-order valence-electron chi connectivity index (χ1n) is 7.13. The van der Waals surface area contributed by atoms with Gasteiger partial charge in [0, 0.05) is 18.5 Å². The van der Waals surface area contributed by atoms with Crippen molar-refractivity contribution in [3.63, 3.8) is 0 Å². The number of H-pyrrole nitrogens is 1. The van der Waals surface area contributed by atoms with Gasteiger partial charge in [-0.25, -0.2) is 9.97 Å². The van der Waals surface area contributed by atoms with Gasteiger partial charge in [-0.1, -0.05) is 18.2 Å². The molecule has 4 rings (SSSR count). The molecule has 3 aromatic rings. The van der Waals surface area contributed by atoms with Crippen molar-refractivity contribution in [2.24, 2.45) is 0 Å². The zero-order valence-corrected chi connectivity index (χ0v) is 11.8. The van der Waals surface area contributed by atoms with Crippen molar-refractivity contribution in [3.05, 3.63) is 60.0 Å². The van der Waals surface area contributed by atoms with Gasteiger partial charge < -0.3 is 14.3 Å². The molecule has 1 N–H and O–H groups in total. The van der Waals surface area contributed by atoms with Crippen molar-refractivity contribution >= 4 is 5.91 Å². The first kappa shape index (κ1) is 12.8. The Morgan fingerprint density at radius 3 is 2.91 bits per heavy atom. The predicted octanol–water partition coefficient (Wildman–Crippen LogP) is 2.26. The molecule has 0 unspecified atom stereocenters. The number of nitrogens with zero attached hydrogens (tertiary/aromatic N) is 3. The van der Waals surface area contributed by atoms with Crippen LogP contribution in [0.2, 0.25) is 0 Å². The molecule has 6 nitrogen and oxygen atoms in total. The minimum Gasteiger partial charge on any atom is -0.441 e. The van der Waals surface area contributed by atoms with E-state index in [1.807, 2.05) is 30.3 Å². The smallest absolute Gasteiger partial charge is 0.272 e. The topological polar surface area (TPSA) is 75.0 Å². The highest BCUT2D eigenvalue weighted by Crippen LogP contribution is 2.26. The van der Waals surface area contributed by atoms with Crippen molar-refractivity contribution < 1.29 is 9.21 Å². The summed E-state index contributed by atoms with van der Waals surface area (Å²) in [7, 11) is 0. The molecule has 1 aliphatic heterocycles. The summed E-state index contributed by atoms with van der Waals surface area (Å²) >= 11 is 0. The molecule has 1 aromatic carbocycles. The lowest BCUT2D eigenvalue weighted by Crippen LogP contribution is -2.36. The summed E-state index contributed by atoms with van der Waals surface area (Å²) in [6.45, 7) is 1.08. The maximum atomic E-state index is 12.3. The number of aromatic amines is 1. The van der Waals surface area contributed by atoms with Crippen molar-refractivity contribution in [1.82, 2.24) is 19.9 Å². The predicted molar refractivity (Wildman–Crippen MR) is 79.0 cm³/mol. The van der Waals surface area contributed by atoms with Crippen LogP contribution in [0.4, 0.5) is 0 Å². The van der Waals surface area contributed by atoms with Crippen molar-refractivity contribution in [1.29, 1.82) is 0 Å². The van der Waals surface area contributed by atoms with Crippen LogP contribution < -0.4 is 0 Å². The number of fused-ring (bicyclic) bond motifs is 1. The number of aromatic nitrogens is 3. The van der Waals surface area contributed by atoms with Crippen LogP contribution in [0.15, 0.2) is 47.3 Å². The number of benzene rings is 1. The summed E-state index contributed by atoms with van der Waals surface area (Å²) in [5.74, 6) is 1.42. The molecule has 1 aliphatic rings. The van der Waals surface area contributed by atoms with Crippen LogP contribution in [0, 0.1) is 0 Å². The van der Waals surface area contributed by atoms with Gasteiger partial charge in [0.2, 0.25) is 5.89 Å². The van der Waals surface area contributed by atoms with Gasteiger partial charge in [-0.3, -0.25) is 4.79 Å². The summed E-state index contributed by atoms with van der Waals surface area (Å²) < 4.78 is 5.84. The second-order valence-corrected chi connectivity index (χ2v) is 5.20. The van der Waals surface area contributed by atoms with Gasteiger partial charge in [0.25, 0.3) is 5.91 Å². The van der Waals surface area contributed by atoms with Crippen molar-refractivity contribution in [2.75, 3.05) is 6.54 Å². The van der Waals surface area contributed by atoms with E-state index in [-0.39, 0.29) is 5.91 Å². The molecule has 0 saturated carbocycles. The SMILES string of the molecule is O=C(c1cnc[nH]1)N1CCc2oc(-c3ccccc3)nc2C1. The normalized spacial score (nSPS) is 13.9. The zero-order chi connectivity index (χ0) is 14.9. The van der Waals surface area contributed by atoms with Crippen LogP contribution in [0.1, 0.15) is 21.9 Å². The zero-order valence-electron chi connectivity index (χ0n) is 11.8. The Morgan fingerprint density at radius 2 is 2.14 bits per heavy atom. The summed E-state index contributed by atoms with van der Waals surface area (Å²) in [5.41, 5.74) is 2.27. The Labute approximate surface area is 126 Å². The largest absolute Gasteiger partial charge is 0.441 e. The van der Waals surface area contributed by atoms with Gasteiger partial charge in [-0.05, 0) is 12.1 Å². The van der Waals surface area contributed by atoms with E-state index in [0.717, 1.165) is 17.0 Å². The molecule has 0 bridgehead atoms. The molecular formula is C16H14N4O2. The molecule has 1 amide bonds. The first-order valence-corrected chi connectivity index (χ1v) is 7.13. The third-order valence-corrected chi connectivity index (χ3v) is 3.76. The molecule has 0 saturated heterocycles. The number of carbonyl (C=O) groups excluding carboxylic acids is 1. The maximum Gasteiger partial charge on any atom is 0.272 e. The van der Waals surface area contributed by atoms with Gasteiger partial charge in [-0.2, -0.15) is 0 Å². The van der Waals surface area contributed by atoms with E-state index in [4.69, 9.17) is 4.42 Å². The highest BCUT2D eigenvalue weighted by molar-refractivity contribution is 5.92. The van der Waals surface area contributed by atoms with Crippen LogP contribution in [0.25, 0.3) is 11.5 Å². The van der Waals surface area contributed by atoms with E-state index in [2.05, 4.69) is 15.0 Å². The average Bonchev–Trinajstić information content (AvgIpc) is 3.23. The summed E-state index contributed by atoms with van der Waals surface area (Å²) in [6.07, 6.45) is 3.72. The maximum absolute atomic E-state index is 12.3. The highest BCUT2D eigenvalue weighted by Gasteiger charge is 2.26. The van der Waals surface area contributed by atoms with Crippen LogP contribution in [0.5, 0.6) is 0 Å². The van der Waals surface area contributed by atoms with Crippen molar-refractivity contribution in [3.8, 4) is 11.5 Å². The number of hydrogen-bond acceptors (Lipinski definition) is 4. The van der Waals surface area contributed by atoms with E-state index in [9.17, 15) is 4.79 Å². The fourth-order valence-corrected chi connectivity index (χ4v) is 2.62. The van der Waals surface area contributed by atoms with Gasteiger partial charge in [0.05, 0.1) is 19.1 Å². The van der Waals surface area contributed by atoms with Crippen LogP contribution in [0.3, 0.4) is 0 Å². The second kappa shape index (κ2) is 5.14. The molecule has 2 aromatic heterocycles. The van der Waals surface area contributed by atoms with E-state index in [0.29, 0.717) is 31.1 Å². The minimum absolute atomic E-state index is 0.0626. The lowest BCUT2D eigenvalue weighted by molar-refractivity contribution is 0.0722. The Morgan fingerprint density at radius 1 is 1.27 bits per heavy atom. The number of imidazole rings is 1. The Kier molecular flexibility index (Phi) is 3.00. The number of hydrogen-bond donors (Lipinski definition) is 1. The molecule has 6 heteroatoms. The molecule has 110 valence electrons. The van der Waals surface area contributed by atoms with Crippen LogP contribution >= 0.6 is 0 Å². The Hall–Kier alpha value is -2.89. The second-order valence-electron chi connectivity index (χ2n) is 5.20. The van der Waals surface area contributed by atoms with E-state index in [1.54, 1.807) is 4.90 Å².